The minimum atomic E-state index is 0.880. The van der Waals surface area contributed by atoms with E-state index < -0.39 is 0 Å². The summed E-state index contributed by atoms with van der Waals surface area (Å²) >= 11 is 1.89. The Labute approximate surface area is 275 Å². The molecule has 0 saturated carbocycles. The third-order valence-electron chi connectivity index (χ3n) is 9.44. The van der Waals surface area contributed by atoms with Crippen LogP contribution in [0, 0.1) is 0 Å². The topological polar surface area (TPSA) is 16.4 Å². The van der Waals surface area contributed by atoms with Gasteiger partial charge in [0.25, 0.3) is 0 Å². The van der Waals surface area contributed by atoms with E-state index in [1.165, 1.54) is 52.8 Å². The normalized spacial score (nSPS) is 11.8. The third kappa shape index (κ3) is 4.10. The van der Waals surface area contributed by atoms with Crippen LogP contribution in [0.25, 0.3) is 74.8 Å². The second kappa shape index (κ2) is 10.3. The lowest BCUT2D eigenvalue weighted by molar-refractivity contribution is 0.669. The van der Waals surface area contributed by atoms with Crippen LogP contribution in [0.15, 0.2) is 168 Å². The number of fused-ring (bicyclic) bond motifs is 10. The molecule has 2 aromatic heterocycles. The molecule has 2 nitrogen and oxygen atoms in total. The van der Waals surface area contributed by atoms with Gasteiger partial charge >= 0.3 is 0 Å². The van der Waals surface area contributed by atoms with E-state index >= 15 is 0 Å². The van der Waals surface area contributed by atoms with Crippen LogP contribution in [0.3, 0.4) is 0 Å². The van der Waals surface area contributed by atoms with Crippen molar-refractivity contribution in [3.63, 3.8) is 0 Å². The van der Waals surface area contributed by atoms with Gasteiger partial charge in [-0.25, -0.2) is 0 Å². The van der Waals surface area contributed by atoms with Crippen molar-refractivity contribution in [3.05, 3.63) is 164 Å². The zero-order valence-electron chi connectivity index (χ0n) is 25.4. The molecule has 8 aromatic carbocycles. The van der Waals surface area contributed by atoms with Crippen LogP contribution >= 0.6 is 11.3 Å². The smallest absolute Gasteiger partial charge is 0.159 e. The number of hydrogen-bond donors (Lipinski definition) is 0. The minimum Gasteiger partial charge on any atom is -0.454 e. The molecule has 0 spiro atoms. The Morgan fingerprint density at radius 2 is 1.13 bits per heavy atom. The Morgan fingerprint density at radius 3 is 2.02 bits per heavy atom. The van der Waals surface area contributed by atoms with Crippen molar-refractivity contribution >= 4 is 92.1 Å². The summed E-state index contributed by atoms with van der Waals surface area (Å²) in [6.07, 6.45) is 0. The summed E-state index contributed by atoms with van der Waals surface area (Å²) in [7, 11) is 0. The molecule has 3 heteroatoms. The van der Waals surface area contributed by atoms with E-state index in [0.29, 0.717) is 0 Å². The van der Waals surface area contributed by atoms with Crippen LogP contribution in [-0.2, 0) is 0 Å². The fourth-order valence-electron chi connectivity index (χ4n) is 7.21. The summed E-state index contributed by atoms with van der Waals surface area (Å²) < 4.78 is 9.27. The molecule has 0 aliphatic carbocycles. The van der Waals surface area contributed by atoms with Crippen LogP contribution in [0.5, 0.6) is 0 Å². The summed E-state index contributed by atoms with van der Waals surface area (Å²) in [6.45, 7) is 0. The first-order chi connectivity index (χ1) is 23.3. The molecular weight excluding hydrogens is 591 g/mol. The van der Waals surface area contributed by atoms with Crippen LogP contribution < -0.4 is 4.90 Å². The molecule has 2 heterocycles. The second-order valence-corrected chi connectivity index (χ2v) is 13.2. The summed E-state index contributed by atoms with van der Waals surface area (Å²) in [5.41, 5.74) is 7.34. The Kier molecular flexibility index (Phi) is 5.78. The predicted molar refractivity (Wildman–Crippen MR) is 202 cm³/mol. The summed E-state index contributed by atoms with van der Waals surface area (Å²) in [4.78, 5) is 2.35. The molecular formula is C44H27NOS. The molecule has 47 heavy (non-hydrogen) atoms. The van der Waals surface area contributed by atoms with Crippen molar-refractivity contribution < 1.29 is 4.42 Å². The summed E-state index contributed by atoms with van der Waals surface area (Å²) in [6, 6.07) is 58.9. The Bertz CT molecular complexity index is 2790. The van der Waals surface area contributed by atoms with Crippen LogP contribution in [-0.4, -0.2) is 0 Å². The van der Waals surface area contributed by atoms with Gasteiger partial charge in [-0.15, -0.1) is 11.3 Å². The molecule has 0 atom stereocenters. The molecule has 0 fully saturated rings. The second-order valence-electron chi connectivity index (χ2n) is 12.1. The van der Waals surface area contributed by atoms with Gasteiger partial charge in [0.15, 0.2) is 5.58 Å². The highest BCUT2D eigenvalue weighted by Crippen LogP contribution is 2.45. The van der Waals surface area contributed by atoms with Gasteiger partial charge in [-0.1, -0.05) is 121 Å². The molecule has 0 saturated heterocycles. The zero-order valence-corrected chi connectivity index (χ0v) is 26.2. The quantitative estimate of drug-likeness (QED) is 0.183. The molecule has 0 radical (unpaired) electrons. The van der Waals surface area contributed by atoms with E-state index in [1.807, 2.05) is 17.4 Å². The molecule has 220 valence electrons. The van der Waals surface area contributed by atoms with E-state index in [2.05, 4.69) is 163 Å². The number of hydrogen-bond acceptors (Lipinski definition) is 3. The van der Waals surface area contributed by atoms with Gasteiger partial charge in [0.1, 0.15) is 5.58 Å². The van der Waals surface area contributed by atoms with Crippen LogP contribution in [0.1, 0.15) is 0 Å². The fourth-order valence-corrected chi connectivity index (χ4v) is 8.49. The highest BCUT2D eigenvalue weighted by Gasteiger charge is 2.20. The first-order valence-corrected chi connectivity index (χ1v) is 16.7. The van der Waals surface area contributed by atoms with E-state index in [0.717, 1.165) is 39.0 Å². The minimum absolute atomic E-state index is 0.880. The molecule has 0 unspecified atom stereocenters. The van der Waals surface area contributed by atoms with Crippen LogP contribution in [0.4, 0.5) is 17.1 Å². The van der Waals surface area contributed by atoms with Gasteiger partial charge in [-0.05, 0) is 69.8 Å². The Morgan fingerprint density at radius 1 is 0.447 bits per heavy atom. The molecule has 0 aliphatic heterocycles. The highest BCUT2D eigenvalue weighted by molar-refractivity contribution is 7.26. The van der Waals surface area contributed by atoms with Crippen LogP contribution in [0.2, 0.25) is 0 Å². The van der Waals surface area contributed by atoms with Crippen molar-refractivity contribution in [2.75, 3.05) is 4.90 Å². The first kappa shape index (κ1) is 26.3. The standard InChI is InChI=1S/C44H27NOS/c1-2-9-28(10-3-1)29-19-23-32(24-20-29)45(39-14-8-13-36-34-11-4-6-15-40(34)46-43(36)39)33-25-21-30-17-18-31-22-26-37-35-12-5-7-16-41(35)47-44(37)42(31)38(30)27-33/h1-27H. The van der Waals surface area contributed by atoms with E-state index in [-0.39, 0.29) is 0 Å². The van der Waals surface area contributed by atoms with Gasteiger partial charge < -0.3 is 9.32 Å². The van der Waals surface area contributed by atoms with E-state index in [1.54, 1.807) is 0 Å². The lowest BCUT2D eigenvalue weighted by Gasteiger charge is -2.26. The van der Waals surface area contributed by atoms with Gasteiger partial charge in [0, 0.05) is 47.7 Å². The number of rotatable bonds is 4. The van der Waals surface area contributed by atoms with Crippen molar-refractivity contribution in [3.8, 4) is 11.1 Å². The maximum absolute atomic E-state index is 6.61. The lowest BCUT2D eigenvalue weighted by Crippen LogP contribution is -2.10. The molecule has 0 N–H and O–H groups in total. The lowest BCUT2D eigenvalue weighted by atomic mass is 9.98. The molecule has 0 amide bonds. The van der Waals surface area contributed by atoms with Crippen molar-refractivity contribution in [1.29, 1.82) is 0 Å². The number of nitrogens with zero attached hydrogens (tertiary/aromatic N) is 1. The average Bonchev–Trinajstić information content (AvgIpc) is 3.71. The Hall–Kier alpha value is -5.90. The molecule has 0 bridgehead atoms. The first-order valence-electron chi connectivity index (χ1n) is 15.9. The monoisotopic (exact) mass is 617 g/mol. The number of anilines is 3. The van der Waals surface area contributed by atoms with E-state index in [9.17, 15) is 0 Å². The number of benzene rings is 8. The van der Waals surface area contributed by atoms with E-state index in [4.69, 9.17) is 4.42 Å². The predicted octanol–water partition coefficient (Wildman–Crippen LogP) is 13.4. The maximum atomic E-state index is 6.61. The highest BCUT2D eigenvalue weighted by atomic mass is 32.1. The SMILES string of the molecule is c1ccc(-c2ccc(N(c3ccc4ccc5ccc6c7ccccc7sc6c5c4c3)c3cccc4c3oc3ccccc34)cc2)cc1. The summed E-state index contributed by atoms with van der Waals surface area (Å²) in [5, 5.41) is 9.92. The largest absolute Gasteiger partial charge is 0.454 e. The van der Waals surface area contributed by atoms with Gasteiger partial charge in [-0.3, -0.25) is 0 Å². The fraction of sp³-hybridized carbons (Fsp3) is 0. The molecule has 0 aliphatic rings. The molecule has 10 rings (SSSR count). The average molecular weight is 618 g/mol. The maximum Gasteiger partial charge on any atom is 0.159 e. The van der Waals surface area contributed by atoms with Gasteiger partial charge in [0.2, 0.25) is 0 Å². The van der Waals surface area contributed by atoms with Crippen molar-refractivity contribution in [2.45, 2.75) is 0 Å². The van der Waals surface area contributed by atoms with Gasteiger partial charge in [0.05, 0.1) is 5.69 Å². The zero-order chi connectivity index (χ0) is 30.9. The number of para-hydroxylation sites is 2. The van der Waals surface area contributed by atoms with Gasteiger partial charge in [-0.2, -0.15) is 0 Å². The molecule has 10 aromatic rings. The third-order valence-corrected chi connectivity index (χ3v) is 10.6. The van der Waals surface area contributed by atoms with Crippen molar-refractivity contribution in [1.82, 2.24) is 0 Å². The number of furan rings is 1. The summed E-state index contributed by atoms with van der Waals surface area (Å²) in [5.74, 6) is 0. The number of thiophene rings is 1. The Balaban J connectivity index is 1.25. The van der Waals surface area contributed by atoms with Crippen molar-refractivity contribution in [2.24, 2.45) is 0 Å².